The van der Waals surface area contributed by atoms with Gasteiger partial charge in [-0.3, -0.25) is 0 Å². The van der Waals surface area contributed by atoms with Gasteiger partial charge in [0.2, 0.25) is 0 Å². The monoisotopic (exact) mass is 221 g/mol. The number of aromatic nitrogens is 2. The van der Waals surface area contributed by atoms with Gasteiger partial charge in [-0.1, -0.05) is 0 Å². The minimum Gasteiger partial charge on any atom is -0.322 e. The van der Waals surface area contributed by atoms with Crippen molar-refractivity contribution in [3.63, 3.8) is 0 Å². The van der Waals surface area contributed by atoms with E-state index in [4.69, 9.17) is 11.6 Å². The van der Waals surface area contributed by atoms with Crippen molar-refractivity contribution in [2.75, 3.05) is 5.43 Å². The zero-order valence-corrected chi connectivity index (χ0v) is 7.84. The molecule has 0 aromatic carbocycles. The molecule has 0 saturated carbocycles. The van der Waals surface area contributed by atoms with Gasteiger partial charge in [0.25, 0.3) is 0 Å². The molecule has 1 heterocycles. The molecular formula is C7H10F3N5. The largest absolute Gasteiger partial charge is 0.433 e. The minimum absolute atomic E-state index is 0.113. The van der Waals surface area contributed by atoms with Crippen LogP contribution in [0.15, 0.2) is 6.07 Å². The zero-order chi connectivity index (χ0) is 11.6. The second-order valence-corrected chi connectivity index (χ2v) is 2.93. The Morgan fingerprint density at radius 1 is 1.40 bits per heavy atom. The molecular weight excluding hydrogens is 211 g/mol. The Morgan fingerprint density at radius 3 is 2.40 bits per heavy atom. The quantitative estimate of drug-likeness (QED) is 0.507. The fraction of sp³-hybridized carbons (Fsp3) is 0.429. The first-order chi connectivity index (χ1) is 6.84. The van der Waals surface area contributed by atoms with Crippen molar-refractivity contribution in [2.24, 2.45) is 11.6 Å². The van der Waals surface area contributed by atoms with Crippen molar-refractivity contribution < 1.29 is 13.2 Å². The van der Waals surface area contributed by atoms with E-state index in [1.165, 1.54) is 6.92 Å². The van der Waals surface area contributed by atoms with Crippen molar-refractivity contribution in [2.45, 2.75) is 19.1 Å². The molecule has 0 spiro atoms. The van der Waals surface area contributed by atoms with Gasteiger partial charge in [0.15, 0.2) is 0 Å². The van der Waals surface area contributed by atoms with Crippen molar-refractivity contribution in [3.05, 3.63) is 17.6 Å². The van der Waals surface area contributed by atoms with E-state index in [1.54, 1.807) is 0 Å². The third-order valence-corrected chi connectivity index (χ3v) is 1.59. The van der Waals surface area contributed by atoms with Crippen LogP contribution >= 0.6 is 0 Å². The highest BCUT2D eigenvalue weighted by Gasteiger charge is 2.33. The minimum atomic E-state index is -4.54. The van der Waals surface area contributed by atoms with E-state index in [1.807, 2.05) is 5.43 Å². The molecule has 0 aliphatic carbocycles. The summed E-state index contributed by atoms with van der Waals surface area (Å²) in [6.07, 6.45) is -4.54. The first kappa shape index (κ1) is 11.7. The maximum atomic E-state index is 12.3. The molecule has 0 bridgehead atoms. The highest BCUT2D eigenvalue weighted by molar-refractivity contribution is 5.35. The lowest BCUT2D eigenvalue weighted by Gasteiger charge is -2.11. The van der Waals surface area contributed by atoms with E-state index in [9.17, 15) is 13.2 Å². The molecule has 0 amide bonds. The third kappa shape index (κ3) is 2.77. The number of hydrogen-bond acceptors (Lipinski definition) is 5. The molecule has 1 atom stereocenters. The summed E-state index contributed by atoms with van der Waals surface area (Å²) >= 11 is 0. The molecule has 84 valence electrons. The van der Waals surface area contributed by atoms with Crippen molar-refractivity contribution >= 4 is 5.82 Å². The zero-order valence-electron chi connectivity index (χ0n) is 7.84. The summed E-state index contributed by atoms with van der Waals surface area (Å²) in [7, 11) is 0. The summed E-state index contributed by atoms with van der Waals surface area (Å²) in [4.78, 5) is 6.99. The number of hydrogen-bond donors (Lipinski definition) is 3. The number of anilines is 1. The van der Waals surface area contributed by atoms with E-state index in [0.717, 1.165) is 0 Å². The standard InChI is InChI=1S/C7H10F3N5/c1-3(11)6-13-4(7(8,9)10)2-5(14-6)15-12/h2-3H,11-12H2,1H3,(H,13,14,15). The molecule has 0 aliphatic rings. The summed E-state index contributed by atoms with van der Waals surface area (Å²) in [5, 5.41) is 0. The highest BCUT2D eigenvalue weighted by atomic mass is 19.4. The normalized spacial score (nSPS) is 13.7. The molecule has 5 N–H and O–H groups in total. The van der Waals surface area contributed by atoms with Gasteiger partial charge in [-0.15, -0.1) is 0 Å². The van der Waals surface area contributed by atoms with E-state index in [2.05, 4.69) is 9.97 Å². The number of nitrogens with zero attached hydrogens (tertiary/aromatic N) is 2. The van der Waals surface area contributed by atoms with Crippen LogP contribution in [0.2, 0.25) is 0 Å². The van der Waals surface area contributed by atoms with E-state index in [-0.39, 0.29) is 11.6 Å². The number of nitrogen functional groups attached to an aromatic ring is 1. The van der Waals surface area contributed by atoms with Crippen LogP contribution in [0.25, 0.3) is 0 Å². The molecule has 0 aliphatic heterocycles. The first-order valence-electron chi connectivity index (χ1n) is 4.03. The molecule has 1 unspecified atom stereocenters. The van der Waals surface area contributed by atoms with Gasteiger partial charge in [-0.2, -0.15) is 13.2 Å². The molecule has 8 heteroatoms. The van der Waals surface area contributed by atoms with Crippen molar-refractivity contribution in [1.82, 2.24) is 9.97 Å². The molecule has 1 aromatic rings. The Bertz CT molecular complexity index is 349. The lowest BCUT2D eigenvalue weighted by molar-refractivity contribution is -0.141. The van der Waals surface area contributed by atoms with Gasteiger partial charge in [0.05, 0.1) is 6.04 Å². The van der Waals surface area contributed by atoms with E-state index in [0.29, 0.717) is 6.07 Å². The SMILES string of the molecule is CC(N)c1nc(NN)cc(C(F)(F)F)n1. The van der Waals surface area contributed by atoms with Crippen LogP contribution in [-0.2, 0) is 6.18 Å². The van der Waals surface area contributed by atoms with Gasteiger partial charge >= 0.3 is 6.18 Å². The van der Waals surface area contributed by atoms with Gasteiger partial charge in [-0.05, 0) is 6.92 Å². The Kier molecular flexibility index (Phi) is 3.10. The second kappa shape index (κ2) is 3.99. The van der Waals surface area contributed by atoms with Crippen LogP contribution in [0.1, 0.15) is 24.5 Å². The molecule has 5 nitrogen and oxygen atoms in total. The average Bonchev–Trinajstić information content (AvgIpc) is 2.15. The van der Waals surface area contributed by atoms with Crippen LogP contribution in [0, 0.1) is 0 Å². The average molecular weight is 221 g/mol. The van der Waals surface area contributed by atoms with Gasteiger partial charge in [0, 0.05) is 6.07 Å². The second-order valence-electron chi connectivity index (χ2n) is 2.93. The van der Waals surface area contributed by atoms with E-state index < -0.39 is 17.9 Å². The van der Waals surface area contributed by atoms with Crippen molar-refractivity contribution in [1.29, 1.82) is 0 Å². The number of hydrazine groups is 1. The summed E-state index contributed by atoms with van der Waals surface area (Å²) < 4.78 is 37.0. The molecule has 1 aromatic heterocycles. The maximum absolute atomic E-state index is 12.3. The fourth-order valence-corrected chi connectivity index (χ4v) is 0.889. The van der Waals surface area contributed by atoms with E-state index >= 15 is 0 Å². The summed E-state index contributed by atoms with van der Waals surface area (Å²) in [5.41, 5.74) is 6.35. The number of alkyl halides is 3. The van der Waals surface area contributed by atoms with Crippen LogP contribution in [0.3, 0.4) is 0 Å². The van der Waals surface area contributed by atoms with Crippen LogP contribution in [-0.4, -0.2) is 9.97 Å². The smallest absolute Gasteiger partial charge is 0.322 e. The Balaban J connectivity index is 3.23. The Hall–Kier alpha value is -1.41. The molecule has 15 heavy (non-hydrogen) atoms. The van der Waals surface area contributed by atoms with Crippen LogP contribution in [0.4, 0.5) is 19.0 Å². The fourth-order valence-electron chi connectivity index (χ4n) is 0.889. The molecule has 0 saturated heterocycles. The molecule has 0 radical (unpaired) electrons. The summed E-state index contributed by atoms with van der Waals surface area (Å²) in [6.45, 7) is 1.48. The summed E-state index contributed by atoms with van der Waals surface area (Å²) in [5.74, 6) is 4.75. The number of nitrogens with two attached hydrogens (primary N) is 2. The Morgan fingerprint density at radius 2 is 2.00 bits per heavy atom. The number of nitrogens with one attached hydrogen (secondary N) is 1. The van der Waals surface area contributed by atoms with Gasteiger partial charge < -0.3 is 11.2 Å². The topological polar surface area (TPSA) is 89.8 Å². The highest BCUT2D eigenvalue weighted by Crippen LogP contribution is 2.29. The predicted molar refractivity (Wildman–Crippen MR) is 47.4 cm³/mol. The third-order valence-electron chi connectivity index (χ3n) is 1.59. The van der Waals surface area contributed by atoms with Crippen LogP contribution < -0.4 is 17.0 Å². The van der Waals surface area contributed by atoms with Gasteiger partial charge in [0.1, 0.15) is 17.3 Å². The summed E-state index contributed by atoms with van der Waals surface area (Å²) in [6, 6.07) is 0.0192. The van der Waals surface area contributed by atoms with Crippen molar-refractivity contribution in [3.8, 4) is 0 Å². The predicted octanol–water partition coefficient (Wildman–Crippen LogP) is 0.801. The molecule has 0 fully saturated rings. The maximum Gasteiger partial charge on any atom is 0.433 e. The number of halogens is 3. The first-order valence-corrected chi connectivity index (χ1v) is 4.03. The number of rotatable bonds is 2. The van der Waals surface area contributed by atoms with Gasteiger partial charge in [-0.25, -0.2) is 15.8 Å². The lowest BCUT2D eigenvalue weighted by atomic mass is 10.3. The lowest BCUT2D eigenvalue weighted by Crippen LogP contribution is -2.19. The van der Waals surface area contributed by atoms with Crippen LogP contribution in [0.5, 0.6) is 0 Å². The Labute approximate surface area is 83.7 Å². The molecule has 1 rings (SSSR count).